The lowest BCUT2D eigenvalue weighted by Gasteiger charge is -2.26. The Morgan fingerprint density at radius 1 is 1.06 bits per heavy atom. The second-order valence-corrected chi connectivity index (χ2v) is 9.47. The third-order valence-electron chi connectivity index (χ3n) is 4.46. The molecule has 0 aromatic heterocycles. The van der Waals surface area contributed by atoms with Crippen LogP contribution in [0.2, 0.25) is 0 Å². The van der Waals surface area contributed by atoms with Crippen LogP contribution in [0.5, 0.6) is 0 Å². The summed E-state index contributed by atoms with van der Waals surface area (Å²) in [5.74, 6) is -0.891. The Kier molecular flexibility index (Phi) is 9.49. The van der Waals surface area contributed by atoms with Crippen LogP contribution in [0.3, 0.4) is 0 Å². The highest BCUT2D eigenvalue weighted by Crippen LogP contribution is 2.31. The average Bonchev–Trinajstić information content (AvgIpc) is 2.64. The van der Waals surface area contributed by atoms with Gasteiger partial charge >= 0.3 is 12.1 Å². The van der Waals surface area contributed by atoms with Gasteiger partial charge in [-0.25, -0.2) is 9.59 Å². The number of benzene rings is 1. The molecule has 1 unspecified atom stereocenters. The Labute approximate surface area is 185 Å². The summed E-state index contributed by atoms with van der Waals surface area (Å²) in [7, 11) is 1.30. The lowest BCUT2D eigenvalue weighted by atomic mass is 9.85. The van der Waals surface area contributed by atoms with Gasteiger partial charge in [-0.3, -0.25) is 4.79 Å². The van der Waals surface area contributed by atoms with Crippen molar-refractivity contribution in [2.45, 2.75) is 77.9 Å². The van der Waals surface area contributed by atoms with Crippen molar-refractivity contribution in [1.29, 1.82) is 0 Å². The van der Waals surface area contributed by atoms with Gasteiger partial charge in [-0.05, 0) is 69.7 Å². The summed E-state index contributed by atoms with van der Waals surface area (Å²) < 4.78 is 10.1. The van der Waals surface area contributed by atoms with E-state index in [1.807, 2.05) is 20.8 Å². The van der Waals surface area contributed by atoms with E-state index < -0.39 is 29.6 Å². The van der Waals surface area contributed by atoms with Gasteiger partial charge in [-0.1, -0.05) is 26.8 Å². The molecule has 1 atom stereocenters. The van der Waals surface area contributed by atoms with Gasteiger partial charge in [-0.15, -0.1) is 0 Å². The fraction of sp³-hybridized carbons (Fsp3) is 0.609. The van der Waals surface area contributed by atoms with Crippen molar-refractivity contribution in [3.8, 4) is 0 Å². The predicted octanol–water partition coefficient (Wildman–Crippen LogP) is 3.73. The number of carbonyl (C=O) groups excluding carboxylic acids is 3. The van der Waals surface area contributed by atoms with Gasteiger partial charge in [0.15, 0.2) is 0 Å². The summed E-state index contributed by atoms with van der Waals surface area (Å²) in [5.41, 5.74) is 6.27. The van der Waals surface area contributed by atoms with Crippen molar-refractivity contribution in [3.05, 3.63) is 29.3 Å². The molecule has 31 heavy (non-hydrogen) atoms. The van der Waals surface area contributed by atoms with E-state index >= 15 is 0 Å². The number of esters is 1. The third kappa shape index (κ3) is 8.96. The van der Waals surface area contributed by atoms with Crippen LogP contribution >= 0.6 is 0 Å². The van der Waals surface area contributed by atoms with Gasteiger partial charge in [0.05, 0.1) is 12.7 Å². The molecule has 2 amide bonds. The number of ether oxygens (including phenoxy) is 2. The van der Waals surface area contributed by atoms with E-state index in [1.54, 1.807) is 39.0 Å². The first-order chi connectivity index (χ1) is 14.3. The number of alkyl carbamates (subject to hydrolysis) is 1. The van der Waals surface area contributed by atoms with Gasteiger partial charge in [-0.2, -0.15) is 0 Å². The maximum absolute atomic E-state index is 13.1. The summed E-state index contributed by atoms with van der Waals surface area (Å²) in [4.78, 5) is 37.4. The number of rotatable bonds is 8. The van der Waals surface area contributed by atoms with E-state index in [9.17, 15) is 14.4 Å². The standard InChI is InChI=1S/C23H37N3O5/c1-22(2,3)16-12-11-15(20(28)30-7)14-18(16)25-19(27)17(10-8-9-13-24)26-21(29)31-23(4,5)6/h11-12,14,17H,8-10,13,24H2,1-7H3,(H,25,27)(H,26,29). The van der Waals surface area contributed by atoms with Crippen LogP contribution in [0.1, 0.15) is 76.7 Å². The third-order valence-corrected chi connectivity index (χ3v) is 4.46. The number of nitrogens with two attached hydrogens (primary N) is 1. The van der Waals surface area contributed by atoms with Crippen molar-refractivity contribution >= 4 is 23.7 Å². The lowest BCUT2D eigenvalue weighted by Crippen LogP contribution is -2.46. The number of hydrogen-bond acceptors (Lipinski definition) is 6. The van der Waals surface area contributed by atoms with Crippen LogP contribution in [0.4, 0.5) is 10.5 Å². The van der Waals surface area contributed by atoms with Gasteiger partial charge in [0.1, 0.15) is 11.6 Å². The zero-order valence-electron chi connectivity index (χ0n) is 19.8. The topological polar surface area (TPSA) is 120 Å². The largest absolute Gasteiger partial charge is 0.465 e. The highest BCUT2D eigenvalue weighted by molar-refractivity contribution is 5.99. The molecule has 1 aromatic carbocycles. The minimum atomic E-state index is -0.809. The lowest BCUT2D eigenvalue weighted by molar-refractivity contribution is -0.118. The Hall–Kier alpha value is -2.61. The van der Waals surface area contributed by atoms with Crippen LogP contribution in [-0.4, -0.2) is 43.3 Å². The molecule has 0 aliphatic rings. The normalized spacial score (nSPS) is 12.6. The van der Waals surface area contributed by atoms with Gasteiger partial charge < -0.3 is 25.8 Å². The van der Waals surface area contributed by atoms with E-state index in [0.717, 1.165) is 12.0 Å². The summed E-state index contributed by atoms with van der Waals surface area (Å²) in [6.45, 7) is 11.8. The molecule has 1 rings (SSSR count). The zero-order chi connectivity index (χ0) is 23.8. The first-order valence-corrected chi connectivity index (χ1v) is 10.5. The first kappa shape index (κ1) is 26.4. The summed E-state index contributed by atoms with van der Waals surface area (Å²) in [5, 5.41) is 5.54. The SMILES string of the molecule is COC(=O)c1ccc(C(C)(C)C)c(NC(=O)C(CCCCN)NC(=O)OC(C)(C)C)c1. The molecular weight excluding hydrogens is 398 g/mol. The molecule has 0 aliphatic carbocycles. The van der Waals surface area contributed by atoms with E-state index in [0.29, 0.717) is 30.6 Å². The smallest absolute Gasteiger partial charge is 0.408 e. The molecule has 4 N–H and O–H groups in total. The average molecular weight is 436 g/mol. The molecular formula is C23H37N3O5. The second kappa shape index (κ2) is 11.1. The Bertz CT molecular complexity index is 778. The Morgan fingerprint density at radius 3 is 2.23 bits per heavy atom. The zero-order valence-corrected chi connectivity index (χ0v) is 19.8. The Balaban J connectivity index is 3.16. The molecule has 0 saturated heterocycles. The summed E-state index contributed by atoms with van der Waals surface area (Å²) in [6, 6.07) is 4.25. The van der Waals surface area contributed by atoms with Crippen molar-refractivity contribution in [1.82, 2.24) is 5.32 Å². The highest BCUT2D eigenvalue weighted by atomic mass is 16.6. The molecule has 174 valence electrons. The summed E-state index contributed by atoms with van der Waals surface area (Å²) in [6.07, 6.45) is 1.13. The van der Waals surface area contributed by atoms with Crippen molar-refractivity contribution in [2.24, 2.45) is 5.73 Å². The van der Waals surface area contributed by atoms with E-state index in [-0.39, 0.29) is 5.41 Å². The number of unbranched alkanes of at least 4 members (excludes halogenated alkanes) is 1. The first-order valence-electron chi connectivity index (χ1n) is 10.5. The number of hydrogen-bond donors (Lipinski definition) is 3. The minimum absolute atomic E-state index is 0.287. The fourth-order valence-electron chi connectivity index (χ4n) is 2.98. The second-order valence-electron chi connectivity index (χ2n) is 9.47. The molecule has 0 spiro atoms. The number of amides is 2. The van der Waals surface area contributed by atoms with Gasteiger partial charge in [0, 0.05) is 5.69 Å². The maximum Gasteiger partial charge on any atom is 0.408 e. The van der Waals surface area contributed by atoms with E-state index in [4.69, 9.17) is 15.2 Å². The minimum Gasteiger partial charge on any atom is -0.465 e. The molecule has 8 nitrogen and oxygen atoms in total. The molecule has 8 heteroatoms. The molecule has 1 aromatic rings. The fourth-order valence-corrected chi connectivity index (χ4v) is 2.98. The van der Waals surface area contributed by atoms with Gasteiger partial charge in [0.2, 0.25) is 5.91 Å². The quantitative estimate of drug-likeness (QED) is 0.423. The van der Waals surface area contributed by atoms with Crippen LogP contribution < -0.4 is 16.4 Å². The van der Waals surface area contributed by atoms with Crippen LogP contribution in [-0.2, 0) is 19.7 Å². The van der Waals surface area contributed by atoms with E-state index in [1.165, 1.54) is 7.11 Å². The van der Waals surface area contributed by atoms with Crippen molar-refractivity contribution in [2.75, 3.05) is 19.0 Å². The number of nitrogens with one attached hydrogen (secondary N) is 2. The Morgan fingerprint density at radius 2 is 1.71 bits per heavy atom. The molecule has 0 saturated carbocycles. The molecule has 0 aliphatic heterocycles. The van der Waals surface area contributed by atoms with Crippen LogP contribution in [0, 0.1) is 0 Å². The maximum atomic E-state index is 13.1. The molecule has 0 bridgehead atoms. The number of methoxy groups -OCH3 is 1. The monoisotopic (exact) mass is 435 g/mol. The van der Waals surface area contributed by atoms with Crippen LogP contribution in [0.25, 0.3) is 0 Å². The van der Waals surface area contributed by atoms with Crippen LogP contribution in [0.15, 0.2) is 18.2 Å². The number of anilines is 1. The van der Waals surface area contributed by atoms with Gasteiger partial charge in [0.25, 0.3) is 0 Å². The predicted molar refractivity (Wildman–Crippen MR) is 121 cm³/mol. The highest BCUT2D eigenvalue weighted by Gasteiger charge is 2.27. The molecule has 0 radical (unpaired) electrons. The molecule has 0 fully saturated rings. The van der Waals surface area contributed by atoms with E-state index in [2.05, 4.69) is 10.6 Å². The van der Waals surface area contributed by atoms with Crippen molar-refractivity contribution < 1.29 is 23.9 Å². The number of carbonyl (C=O) groups is 3. The summed E-state index contributed by atoms with van der Waals surface area (Å²) >= 11 is 0. The van der Waals surface area contributed by atoms with Crippen molar-refractivity contribution in [3.63, 3.8) is 0 Å². The molecule has 0 heterocycles.